The van der Waals surface area contributed by atoms with Crippen molar-refractivity contribution in [3.8, 4) is 0 Å². The van der Waals surface area contributed by atoms with Crippen LogP contribution in [0.3, 0.4) is 0 Å². The SMILES string of the molecule is CCCC1(CNC(=O)Cc2ccc(S(=O)(=O)Cl)s2)CC1. The molecule has 0 bridgehead atoms. The first kappa shape index (κ1) is 15.8. The predicted octanol–water partition coefficient (Wildman–Crippen LogP) is 2.91. The molecule has 7 heteroatoms. The zero-order valence-corrected chi connectivity index (χ0v) is 13.7. The maximum Gasteiger partial charge on any atom is 0.270 e. The summed E-state index contributed by atoms with van der Waals surface area (Å²) in [4.78, 5) is 12.6. The molecule has 0 radical (unpaired) electrons. The molecule has 1 aliphatic rings. The van der Waals surface area contributed by atoms with Crippen LogP contribution in [0.25, 0.3) is 0 Å². The highest BCUT2D eigenvalue weighted by Gasteiger charge is 2.41. The average molecular weight is 336 g/mol. The monoisotopic (exact) mass is 335 g/mol. The first-order valence-electron chi connectivity index (χ1n) is 6.65. The Bertz CT molecular complexity index is 591. The lowest BCUT2D eigenvalue weighted by Crippen LogP contribution is -2.31. The number of hydrogen-bond donors (Lipinski definition) is 1. The van der Waals surface area contributed by atoms with Gasteiger partial charge in [-0.3, -0.25) is 4.79 Å². The van der Waals surface area contributed by atoms with E-state index in [1.54, 1.807) is 6.07 Å². The van der Waals surface area contributed by atoms with Gasteiger partial charge in [-0.25, -0.2) is 8.42 Å². The van der Waals surface area contributed by atoms with E-state index in [1.165, 1.54) is 18.9 Å². The predicted molar refractivity (Wildman–Crippen MR) is 80.6 cm³/mol. The van der Waals surface area contributed by atoms with Gasteiger partial charge in [0.2, 0.25) is 5.91 Å². The van der Waals surface area contributed by atoms with E-state index in [1.807, 2.05) is 0 Å². The summed E-state index contributed by atoms with van der Waals surface area (Å²) in [6.07, 6.45) is 4.88. The van der Waals surface area contributed by atoms with E-state index in [0.29, 0.717) is 10.3 Å². The van der Waals surface area contributed by atoms with Crippen LogP contribution in [0.1, 0.15) is 37.5 Å². The normalized spacial score (nSPS) is 16.9. The van der Waals surface area contributed by atoms with Gasteiger partial charge >= 0.3 is 0 Å². The molecule has 1 amide bonds. The van der Waals surface area contributed by atoms with Gasteiger partial charge in [-0.2, -0.15) is 0 Å². The average Bonchev–Trinajstić information content (AvgIpc) is 2.94. The van der Waals surface area contributed by atoms with Gasteiger partial charge in [-0.1, -0.05) is 13.3 Å². The van der Waals surface area contributed by atoms with Gasteiger partial charge in [-0.15, -0.1) is 11.3 Å². The zero-order valence-electron chi connectivity index (χ0n) is 11.3. The van der Waals surface area contributed by atoms with Crippen molar-refractivity contribution in [1.29, 1.82) is 0 Å². The van der Waals surface area contributed by atoms with Crippen molar-refractivity contribution in [3.63, 3.8) is 0 Å². The Morgan fingerprint density at radius 2 is 2.15 bits per heavy atom. The molecule has 0 aromatic carbocycles. The number of halogens is 1. The van der Waals surface area contributed by atoms with Gasteiger partial charge in [0.25, 0.3) is 9.05 Å². The molecular formula is C13H18ClNO3S2. The standard InChI is InChI=1S/C13H18ClNO3S2/c1-2-5-13(6-7-13)9-15-11(16)8-10-3-4-12(19-10)20(14,17)18/h3-4H,2,5-9H2,1H3,(H,15,16). The minimum Gasteiger partial charge on any atom is -0.355 e. The van der Waals surface area contributed by atoms with E-state index in [2.05, 4.69) is 12.2 Å². The Morgan fingerprint density at radius 1 is 1.45 bits per heavy atom. The van der Waals surface area contributed by atoms with Crippen molar-refractivity contribution in [3.05, 3.63) is 17.0 Å². The number of amides is 1. The number of thiophene rings is 1. The molecule has 1 saturated carbocycles. The first-order chi connectivity index (χ1) is 9.35. The zero-order chi connectivity index (χ0) is 14.8. The van der Waals surface area contributed by atoms with Crippen molar-refractivity contribution < 1.29 is 13.2 Å². The molecule has 1 fully saturated rings. The summed E-state index contributed by atoms with van der Waals surface area (Å²) in [5, 5.41) is 2.95. The topological polar surface area (TPSA) is 63.2 Å². The van der Waals surface area contributed by atoms with Crippen molar-refractivity contribution >= 4 is 37.0 Å². The van der Waals surface area contributed by atoms with Crippen LogP contribution in [0.4, 0.5) is 0 Å². The van der Waals surface area contributed by atoms with E-state index >= 15 is 0 Å². The van der Waals surface area contributed by atoms with Crippen molar-refractivity contribution in [2.45, 2.75) is 43.2 Å². The summed E-state index contributed by atoms with van der Waals surface area (Å²) in [5.41, 5.74) is 0.324. The lowest BCUT2D eigenvalue weighted by Gasteiger charge is -2.14. The molecule has 1 aromatic heterocycles. The molecule has 0 atom stereocenters. The Morgan fingerprint density at radius 3 is 2.65 bits per heavy atom. The third-order valence-corrected chi connectivity index (χ3v) is 6.79. The molecule has 1 heterocycles. The van der Waals surface area contributed by atoms with E-state index in [9.17, 15) is 13.2 Å². The molecule has 1 aromatic rings. The van der Waals surface area contributed by atoms with Crippen LogP contribution in [0.5, 0.6) is 0 Å². The molecule has 0 aliphatic heterocycles. The number of hydrogen-bond acceptors (Lipinski definition) is 4. The van der Waals surface area contributed by atoms with Gasteiger partial charge in [-0.05, 0) is 36.8 Å². The van der Waals surface area contributed by atoms with Crippen LogP contribution in [0, 0.1) is 5.41 Å². The summed E-state index contributed by atoms with van der Waals surface area (Å²) < 4.78 is 22.4. The molecule has 1 N–H and O–H groups in total. The number of carbonyl (C=O) groups excluding carboxylic acids is 1. The Balaban J connectivity index is 1.84. The molecule has 0 saturated heterocycles. The molecule has 4 nitrogen and oxygen atoms in total. The minimum atomic E-state index is -3.69. The Hall–Kier alpha value is -0.590. The lowest BCUT2D eigenvalue weighted by molar-refractivity contribution is -0.120. The van der Waals surface area contributed by atoms with Crippen molar-refractivity contribution in [2.75, 3.05) is 6.54 Å². The van der Waals surface area contributed by atoms with Gasteiger partial charge in [0.05, 0.1) is 6.42 Å². The van der Waals surface area contributed by atoms with E-state index < -0.39 is 9.05 Å². The molecular weight excluding hydrogens is 318 g/mol. The fourth-order valence-corrected chi connectivity index (χ4v) is 4.43. The highest BCUT2D eigenvalue weighted by molar-refractivity contribution is 8.15. The molecule has 0 unspecified atom stereocenters. The van der Waals surface area contributed by atoms with E-state index in [-0.39, 0.29) is 16.5 Å². The highest BCUT2D eigenvalue weighted by atomic mass is 35.7. The lowest BCUT2D eigenvalue weighted by atomic mass is 10.0. The molecule has 1 aliphatic carbocycles. The minimum absolute atomic E-state index is 0.0623. The Labute approximate surface area is 127 Å². The quantitative estimate of drug-likeness (QED) is 0.779. The summed E-state index contributed by atoms with van der Waals surface area (Å²) in [6.45, 7) is 2.88. The Kier molecular flexibility index (Phi) is 4.76. The fourth-order valence-electron chi connectivity index (χ4n) is 2.31. The van der Waals surface area contributed by atoms with Crippen molar-refractivity contribution in [1.82, 2.24) is 5.32 Å². The summed E-state index contributed by atoms with van der Waals surface area (Å²) in [7, 11) is 1.56. The van der Waals surface area contributed by atoms with Gasteiger partial charge in [0.15, 0.2) is 0 Å². The second kappa shape index (κ2) is 6.03. The van der Waals surface area contributed by atoms with E-state index in [0.717, 1.165) is 30.7 Å². The van der Waals surface area contributed by atoms with Crippen LogP contribution in [-0.2, 0) is 20.3 Å². The summed E-state index contributed by atoms with van der Waals surface area (Å²) in [5.74, 6) is -0.0623. The third-order valence-electron chi connectivity index (χ3n) is 3.61. The van der Waals surface area contributed by atoms with Crippen LogP contribution < -0.4 is 5.32 Å². The largest absolute Gasteiger partial charge is 0.355 e. The second-order valence-corrected chi connectivity index (χ2v) is 9.32. The number of rotatable bonds is 7. The van der Waals surface area contributed by atoms with Crippen LogP contribution in [0.15, 0.2) is 16.3 Å². The van der Waals surface area contributed by atoms with Crippen LogP contribution >= 0.6 is 22.0 Å². The molecule has 0 spiro atoms. The van der Waals surface area contributed by atoms with E-state index in [4.69, 9.17) is 10.7 Å². The van der Waals surface area contributed by atoms with Gasteiger partial charge in [0.1, 0.15) is 4.21 Å². The third kappa shape index (κ3) is 4.20. The highest BCUT2D eigenvalue weighted by Crippen LogP contribution is 2.48. The molecule has 112 valence electrons. The maximum atomic E-state index is 11.9. The summed E-state index contributed by atoms with van der Waals surface area (Å²) >= 11 is 1.05. The molecule has 2 rings (SSSR count). The van der Waals surface area contributed by atoms with Crippen LogP contribution in [0.2, 0.25) is 0 Å². The smallest absolute Gasteiger partial charge is 0.270 e. The van der Waals surface area contributed by atoms with Crippen LogP contribution in [-0.4, -0.2) is 20.9 Å². The summed E-state index contributed by atoms with van der Waals surface area (Å²) in [6, 6.07) is 3.08. The van der Waals surface area contributed by atoms with Gasteiger partial charge in [0, 0.05) is 22.1 Å². The first-order valence-corrected chi connectivity index (χ1v) is 9.77. The number of nitrogens with one attached hydrogen (secondary N) is 1. The fraction of sp³-hybridized carbons (Fsp3) is 0.615. The van der Waals surface area contributed by atoms with Gasteiger partial charge < -0.3 is 5.32 Å². The number of carbonyl (C=O) groups is 1. The molecule has 20 heavy (non-hydrogen) atoms. The second-order valence-electron chi connectivity index (χ2n) is 5.36. The van der Waals surface area contributed by atoms with Crippen molar-refractivity contribution in [2.24, 2.45) is 5.41 Å². The maximum absolute atomic E-state index is 11.9.